The molecule has 1 atom stereocenters. The van der Waals surface area contributed by atoms with Crippen molar-refractivity contribution >= 4 is 11.8 Å². The van der Waals surface area contributed by atoms with E-state index in [4.69, 9.17) is 5.26 Å². The minimum atomic E-state index is -1.23. The molecule has 0 fully saturated rings. The third-order valence-electron chi connectivity index (χ3n) is 1.75. The molecule has 0 aromatic heterocycles. The Bertz CT molecular complexity index is 242. The molecule has 0 amide bonds. The van der Waals surface area contributed by atoms with E-state index in [0.29, 0.717) is 6.42 Å². The summed E-state index contributed by atoms with van der Waals surface area (Å²) in [4.78, 5) is 22.4. The number of carbonyl (C=O) groups is 2. The molecule has 78 valence electrons. The number of ketones is 1. The smallest absolute Gasteiger partial charge is 0.331 e. The van der Waals surface area contributed by atoms with Crippen LogP contribution >= 0.6 is 0 Å². The molecule has 0 bridgehead atoms. The van der Waals surface area contributed by atoms with Gasteiger partial charge in [-0.3, -0.25) is 9.59 Å². The highest BCUT2D eigenvalue weighted by atomic mass is 16.5. The molecule has 4 heteroatoms. The zero-order valence-electron chi connectivity index (χ0n) is 8.58. The summed E-state index contributed by atoms with van der Waals surface area (Å²) in [7, 11) is 0. The Morgan fingerprint density at radius 2 is 2.07 bits per heavy atom. The Morgan fingerprint density at radius 3 is 2.50 bits per heavy atom. The van der Waals surface area contributed by atoms with Crippen molar-refractivity contribution in [2.75, 3.05) is 6.61 Å². The molecule has 14 heavy (non-hydrogen) atoms. The molecule has 0 heterocycles. The third-order valence-corrected chi connectivity index (χ3v) is 1.75. The monoisotopic (exact) mass is 197 g/mol. The molecule has 0 aromatic carbocycles. The normalized spacial score (nSPS) is 11.5. The molecule has 0 aliphatic rings. The summed E-state index contributed by atoms with van der Waals surface area (Å²) < 4.78 is 4.61. The fourth-order valence-electron chi connectivity index (χ4n) is 0.977. The molecule has 0 aromatic rings. The van der Waals surface area contributed by atoms with E-state index in [1.165, 1.54) is 0 Å². The first-order valence-electron chi connectivity index (χ1n) is 4.76. The van der Waals surface area contributed by atoms with Crippen LogP contribution in [0.15, 0.2) is 0 Å². The summed E-state index contributed by atoms with van der Waals surface area (Å²) in [6.07, 6.45) is 1.84. The molecule has 0 aliphatic carbocycles. The largest absolute Gasteiger partial charge is 0.465 e. The van der Waals surface area contributed by atoms with Gasteiger partial charge in [-0.15, -0.1) is 0 Å². The van der Waals surface area contributed by atoms with Gasteiger partial charge >= 0.3 is 5.97 Å². The molecule has 4 nitrogen and oxygen atoms in total. The van der Waals surface area contributed by atoms with E-state index < -0.39 is 11.9 Å². The van der Waals surface area contributed by atoms with Crippen LogP contribution in [0.1, 0.15) is 33.1 Å². The average molecular weight is 197 g/mol. The SMILES string of the molecule is CCCCC(=O)C(C#N)C(=O)OCC. The van der Waals surface area contributed by atoms with Crippen LogP contribution in [-0.2, 0) is 14.3 Å². The van der Waals surface area contributed by atoms with Gasteiger partial charge in [-0.1, -0.05) is 13.3 Å². The molecule has 0 saturated carbocycles. The second-order valence-electron chi connectivity index (χ2n) is 2.88. The van der Waals surface area contributed by atoms with E-state index in [1.807, 2.05) is 6.92 Å². The van der Waals surface area contributed by atoms with Gasteiger partial charge in [0, 0.05) is 6.42 Å². The van der Waals surface area contributed by atoms with E-state index >= 15 is 0 Å². The lowest BCUT2D eigenvalue weighted by molar-refractivity contribution is -0.149. The first-order valence-corrected chi connectivity index (χ1v) is 4.76. The molecule has 0 N–H and O–H groups in total. The summed E-state index contributed by atoms with van der Waals surface area (Å²) in [5.41, 5.74) is 0. The quantitative estimate of drug-likeness (QED) is 0.477. The first-order chi connectivity index (χ1) is 6.67. The fourth-order valence-corrected chi connectivity index (χ4v) is 0.977. The van der Waals surface area contributed by atoms with Crippen molar-refractivity contribution < 1.29 is 14.3 Å². The lowest BCUT2D eigenvalue weighted by atomic mass is 10.0. The van der Waals surface area contributed by atoms with Crippen molar-refractivity contribution in [1.29, 1.82) is 5.26 Å². The Hall–Kier alpha value is -1.37. The maximum atomic E-state index is 11.3. The number of esters is 1. The van der Waals surface area contributed by atoms with Crippen molar-refractivity contribution in [2.45, 2.75) is 33.1 Å². The van der Waals surface area contributed by atoms with Crippen LogP contribution in [0.5, 0.6) is 0 Å². The van der Waals surface area contributed by atoms with Gasteiger partial charge in [0.05, 0.1) is 12.7 Å². The predicted molar refractivity (Wildman–Crippen MR) is 50.3 cm³/mol. The van der Waals surface area contributed by atoms with Crippen molar-refractivity contribution in [3.8, 4) is 6.07 Å². The summed E-state index contributed by atoms with van der Waals surface area (Å²) >= 11 is 0. The van der Waals surface area contributed by atoms with Crippen molar-refractivity contribution in [3.63, 3.8) is 0 Å². The molecule has 0 saturated heterocycles. The van der Waals surface area contributed by atoms with Crippen LogP contribution in [0, 0.1) is 17.2 Å². The predicted octanol–water partition coefficient (Wildman–Crippen LogP) is 1.45. The Labute approximate surface area is 83.9 Å². The number of Topliss-reactive ketones (excluding diaryl/α,β-unsaturated/α-hetero) is 1. The maximum Gasteiger partial charge on any atom is 0.331 e. The van der Waals surface area contributed by atoms with Gasteiger partial charge in [-0.2, -0.15) is 5.26 Å². The molecule has 0 spiro atoms. The number of hydrogen-bond acceptors (Lipinski definition) is 4. The minimum Gasteiger partial charge on any atom is -0.465 e. The maximum absolute atomic E-state index is 11.3. The van der Waals surface area contributed by atoms with Gasteiger partial charge in [0.1, 0.15) is 0 Å². The highest BCUT2D eigenvalue weighted by Gasteiger charge is 2.26. The number of unbranched alkanes of at least 4 members (excludes halogenated alkanes) is 1. The van der Waals surface area contributed by atoms with Crippen LogP contribution in [-0.4, -0.2) is 18.4 Å². The molecule has 0 aliphatic heterocycles. The lowest BCUT2D eigenvalue weighted by Crippen LogP contribution is -2.24. The Balaban J connectivity index is 4.20. The fraction of sp³-hybridized carbons (Fsp3) is 0.700. The van der Waals surface area contributed by atoms with E-state index in [-0.39, 0.29) is 18.8 Å². The van der Waals surface area contributed by atoms with E-state index in [1.54, 1.807) is 13.0 Å². The number of hydrogen-bond donors (Lipinski definition) is 0. The van der Waals surface area contributed by atoms with Gasteiger partial charge in [0.2, 0.25) is 5.92 Å². The van der Waals surface area contributed by atoms with Gasteiger partial charge in [0.25, 0.3) is 0 Å². The van der Waals surface area contributed by atoms with E-state index in [2.05, 4.69) is 4.74 Å². The van der Waals surface area contributed by atoms with Crippen molar-refractivity contribution in [3.05, 3.63) is 0 Å². The highest BCUT2D eigenvalue weighted by molar-refractivity contribution is 6.01. The molecule has 1 unspecified atom stereocenters. The van der Waals surface area contributed by atoms with Crippen LogP contribution < -0.4 is 0 Å². The molecular weight excluding hydrogens is 182 g/mol. The second kappa shape index (κ2) is 7.07. The number of rotatable bonds is 6. The lowest BCUT2D eigenvalue weighted by Gasteiger charge is -2.06. The van der Waals surface area contributed by atoms with Crippen LogP contribution in [0.25, 0.3) is 0 Å². The standard InChI is InChI=1S/C10H15NO3/c1-3-5-6-9(12)8(7-11)10(13)14-4-2/h8H,3-6H2,1-2H3. The highest BCUT2D eigenvalue weighted by Crippen LogP contribution is 2.07. The van der Waals surface area contributed by atoms with Gasteiger partial charge in [0.15, 0.2) is 5.78 Å². The summed E-state index contributed by atoms with van der Waals surface area (Å²) in [6, 6.07) is 1.67. The number of ether oxygens (including phenoxy) is 1. The topological polar surface area (TPSA) is 67.2 Å². The number of nitrogens with zero attached hydrogens (tertiary/aromatic N) is 1. The first kappa shape index (κ1) is 12.6. The number of carbonyl (C=O) groups excluding carboxylic acids is 2. The minimum absolute atomic E-state index is 0.193. The van der Waals surface area contributed by atoms with Gasteiger partial charge in [-0.25, -0.2) is 0 Å². The molecule has 0 radical (unpaired) electrons. The van der Waals surface area contributed by atoms with Gasteiger partial charge < -0.3 is 4.74 Å². The summed E-state index contributed by atoms with van der Waals surface area (Å²) in [5, 5.41) is 8.62. The van der Waals surface area contributed by atoms with Crippen LogP contribution in [0.2, 0.25) is 0 Å². The molecular formula is C10H15NO3. The summed E-state index contributed by atoms with van der Waals surface area (Å²) in [6.45, 7) is 3.78. The second-order valence-corrected chi connectivity index (χ2v) is 2.88. The zero-order valence-corrected chi connectivity index (χ0v) is 8.58. The van der Waals surface area contributed by atoms with Gasteiger partial charge in [-0.05, 0) is 13.3 Å². The zero-order chi connectivity index (χ0) is 11.0. The van der Waals surface area contributed by atoms with Crippen molar-refractivity contribution in [1.82, 2.24) is 0 Å². The third kappa shape index (κ3) is 4.04. The van der Waals surface area contributed by atoms with Crippen LogP contribution in [0.3, 0.4) is 0 Å². The number of nitriles is 1. The Morgan fingerprint density at radius 1 is 1.43 bits per heavy atom. The Kier molecular flexibility index (Phi) is 6.38. The van der Waals surface area contributed by atoms with Crippen molar-refractivity contribution in [2.24, 2.45) is 5.92 Å². The van der Waals surface area contributed by atoms with E-state index in [9.17, 15) is 9.59 Å². The van der Waals surface area contributed by atoms with E-state index in [0.717, 1.165) is 6.42 Å². The molecule has 0 rings (SSSR count). The van der Waals surface area contributed by atoms with Crippen LogP contribution in [0.4, 0.5) is 0 Å². The average Bonchev–Trinajstić information content (AvgIpc) is 2.16. The summed E-state index contributed by atoms with van der Waals surface area (Å²) in [5.74, 6) is -2.30.